The Kier molecular flexibility index (Phi) is 3.44. The predicted octanol–water partition coefficient (Wildman–Crippen LogP) is 3.13. The molecule has 4 nitrogen and oxygen atoms in total. The van der Waals surface area contributed by atoms with Crippen LogP contribution in [0, 0.1) is 6.92 Å². The van der Waals surface area contributed by atoms with Crippen molar-refractivity contribution in [3.05, 3.63) is 71.8 Å². The summed E-state index contributed by atoms with van der Waals surface area (Å²) in [5, 5.41) is 3.00. The minimum Gasteiger partial charge on any atom is -0.344 e. The minimum absolute atomic E-state index is 0.0560. The monoisotopic (exact) mass is 279 g/mol. The maximum absolute atomic E-state index is 12.5. The highest BCUT2D eigenvalue weighted by Crippen LogP contribution is 2.15. The van der Waals surface area contributed by atoms with Crippen LogP contribution in [-0.2, 0) is 0 Å². The number of nitrogens with zero attached hydrogens (tertiary/aromatic N) is 2. The molecule has 21 heavy (non-hydrogen) atoms. The zero-order valence-electron chi connectivity index (χ0n) is 12.1. The second-order valence-electron chi connectivity index (χ2n) is 5.07. The van der Waals surface area contributed by atoms with Gasteiger partial charge in [0, 0.05) is 6.20 Å². The largest absolute Gasteiger partial charge is 0.344 e. The number of benzene rings is 1. The first kappa shape index (κ1) is 13.4. The molecule has 0 fully saturated rings. The van der Waals surface area contributed by atoms with Crippen molar-refractivity contribution in [2.45, 2.75) is 19.9 Å². The standard InChI is InChI=1S/C17H17N3O/c1-12(14-8-4-3-5-9-14)18-17(21)16-15-10-6-7-11-20(15)13(2)19-16/h3-12H,1-2H3,(H,18,21). The summed E-state index contributed by atoms with van der Waals surface area (Å²) in [5.74, 6) is 0.659. The molecule has 0 saturated heterocycles. The lowest BCUT2D eigenvalue weighted by Gasteiger charge is -2.13. The summed E-state index contributed by atoms with van der Waals surface area (Å²) < 4.78 is 1.92. The molecule has 106 valence electrons. The van der Waals surface area contributed by atoms with Crippen LogP contribution in [0.25, 0.3) is 5.52 Å². The Hall–Kier alpha value is -2.62. The van der Waals surface area contributed by atoms with Gasteiger partial charge in [0.2, 0.25) is 0 Å². The van der Waals surface area contributed by atoms with Crippen molar-refractivity contribution in [3.8, 4) is 0 Å². The van der Waals surface area contributed by atoms with Gasteiger partial charge in [-0.25, -0.2) is 4.98 Å². The third kappa shape index (κ3) is 2.52. The average molecular weight is 279 g/mol. The molecule has 0 saturated carbocycles. The zero-order chi connectivity index (χ0) is 14.8. The fraction of sp³-hybridized carbons (Fsp3) is 0.176. The van der Waals surface area contributed by atoms with E-state index in [-0.39, 0.29) is 11.9 Å². The summed E-state index contributed by atoms with van der Waals surface area (Å²) in [6, 6.07) is 15.6. The molecular weight excluding hydrogens is 262 g/mol. The fourth-order valence-corrected chi connectivity index (χ4v) is 2.45. The summed E-state index contributed by atoms with van der Waals surface area (Å²) in [4.78, 5) is 16.9. The Morgan fingerprint density at radius 1 is 1.14 bits per heavy atom. The van der Waals surface area contributed by atoms with Crippen molar-refractivity contribution < 1.29 is 4.79 Å². The van der Waals surface area contributed by atoms with Crippen molar-refractivity contribution in [2.75, 3.05) is 0 Å². The Morgan fingerprint density at radius 3 is 2.62 bits per heavy atom. The average Bonchev–Trinajstić information content (AvgIpc) is 2.86. The molecule has 1 N–H and O–H groups in total. The molecule has 0 radical (unpaired) electrons. The Balaban J connectivity index is 1.88. The van der Waals surface area contributed by atoms with Crippen LogP contribution in [0.3, 0.4) is 0 Å². The highest BCUT2D eigenvalue weighted by Gasteiger charge is 2.17. The Morgan fingerprint density at radius 2 is 1.86 bits per heavy atom. The number of rotatable bonds is 3. The molecule has 0 aliphatic heterocycles. The van der Waals surface area contributed by atoms with E-state index >= 15 is 0 Å². The number of hydrogen-bond acceptors (Lipinski definition) is 2. The van der Waals surface area contributed by atoms with Gasteiger partial charge in [-0.15, -0.1) is 0 Å². The summed E-state index contributed by atoms with van der Waals surface area (Å²) in [7, 11) is 0. The van der Waals surface area contributed by atoms with Crippen LogP contribution in [0.1, 0.15) is 34.8 Å². The maximum atomic E-state index is 12.5. The van der Waals surface area contributed by atoms with Crippen LogP contribution >= 0.6 is 0 Å². The second kappa shape index (κ2) is 5.40. The molecule has 0 aliphatic carbocycles. The number of aryl methyl sites for hydroxylation is 1. The number of imidazole rings is 1. The van der Waals surface area contributed by atoms with Crippen molar-refractivity contribution in [1.82, 2.24) is 14.7 Å². The molecule has 2 heterocycles. The van der Waals surface area contributed by atoms with Gasteiger partial charge in [0.05, 0.1) is 11.6 Å². The van der Waals surface area contributed by atoms with Crippen molar-refractivity contribution in [2.24, 2.45) is 0 Å². The van der Waals surface area contributed by atoms with Gasteiger partial charge in [-0.1, -0.05) is 36.4 Å². The molecule has 0 bridgehead atoms. The summed E-state index contributed by atoms with van der Waals surface area (Å²) >= 11 is 0. The van der Waals surface area contributed by atoms with E-state index in [1.807, 2.05) is 73.0 Å². The first-order valence-corrected chi connectivity index (χ1v) is 6.96. The normalized spacial score (nSPS) is 12.3. The van der Waals surface area contributed by atoms with Crippen molar-refractivity contribution >= 4 is 11.4 Å². The molecule has 0 spiro atoms. The maximum Gasteiger partial charge on any atom is 0.272 e. The lowest BCUT2D eigenvalue weighted by atomic mass is 10.1. The van der Waals surface area contributed by atoms with Gasteiger partial charge in [-0.2, -0.15) is 0 Å². The molecule has 2 aromatic heterocycles. The molecule has 1 atom stereocenters. The van der Waals surface area contributed by atoms with E-state index in [0.717, 1.165) is 16.9 Å². The first-order chi connectivity index (χ1) is 10.2. The number of carbonyl (C=O) groups is 1. The molecule has 0 aliphatic rings. The van der Waals surface area contributed by atoms with Gasteiger partial charge in [0.25, 0.3) is 5.91 Å². The second-order valence-corrected chi connectivity index (χ2v) is 5.07. The molecule has 1 amide bonds. The van der Waals surface area contributed by atoms with Crippen LogP contribution in [-0.4, -0.2) is 15.3 Å². The quantitative estimate of drug-likeness (QED) is 0.800. The van der Waals surface area contributed by atoms with E-state index in [1.165, 1.54) is 0 Å². The van der Waals surface area contributed by atoms with Gasteiger partial charge in [-0.3, -0.25) is 4.79 Å². The van der Waals surface area contributed by atoms with E-state index in [1.54, 1.807) is 0 Å². The van der Waals surface area contributed by atoms with Crippen LogP contribution < -0.4 is 5.32 Å². The number of carbonyl (C=O) groups excluding carboxylic acids is 1. The van der Waals surface area contributed by atoms with Gasteiger partial charge in [0.15, 0.2) is 5.69 Å². The van der Waals surface area contributed by atoms with Crippen LogP contribution in [0.4, 0.5) is 0 Å². The number of amides is 1. The van der Waals surface area contributed by atoms with E-state index in [2.05, 4.69) is 10.3 Å². The van der Waals surface area contributed by atoms with Crippen LogP contribution in [0.5, 0.6) is 0 Å². The molecule has 1 unspecified atom stereocenters. The number of nitrogens with one attached hydrogen (secondary N) is 1. The molecule has 3 aromatic rings. The SMILES string of the molecule is Cc1nc(C(=O)NC(C)c2ccccc2)c2ccccn12. The number of pyridine rings is 1. The smallest absolute Gasteiger partial charge is 0.272 e. The zero-order valence-corrected chi connectivity index (χ0v) is 12.1. The Bertz CT molecular complexity index is 777. The third-order valence-electron chi connectivity index (χ3n) is 3.59. The van der Waals surface area contributed by atoms with E-state index < -0.39 is 0 Å². The number of aromatic nitrogens is 2. The van der Waals surface area contributed by atoms with Gasteiger partial charge < -0.3 is 9.72 Å². The van der Waals surface area contributed by atoms with Gasteiger partial charge >= 0.3 is 0 Å². The minimum atomic E-state index is -0.150. The van der Waals surface area contributed by atoms with E-state index in [4.69, 9.17) is 0 Å². The van der Waals surface area contributed by atoms with Crippen molar-refractivity contribution in [3.63, 3.8) is 0 Å². The van der Waals surface area contributed by atoms with Crippen molar-refractivity contribution in [1.29, 1.82) is 0 Å². The lowest BCUT2D eigenvalue weighted by molar-refractivity contribution is 0.0937. The summed E-state index contributed by atoms with van der Waals surface area (Å²) in [6.45, 7) is 3.86. The van der Waals surface area contributed by atoms with Gasteiger partial charge in [-0.05, 0) is 31.5 Å². The first-order valence-electron chi connectivity index (χ1n) is 6.96. The fourth-order valence-electron chi connectivity index (χ4n) is 2.45. The van der Waals surface area contributed by atoms with Crippen LogP contribution in [0.2, 0.25) is 0 Å². The molecular formula is C17H17N3O. The van der Waals surface area contributed by atoms with E-state index in [9.17, 15) is 4.79 Å². The lowest BCUT2D eigenvalue weighted by Crippen LogP contribution is -2.27. The predicted molar refractivity (Wildman–Crippen MR) is 82.3 cm³/mol. The van der Waals surface area contributed by atoms with Crippen LogP contribution in [0.15, 0.2) is 54.7 Å². The number of fused-ring (bicyclic) bond motifs is 1. The topological polar surface area (TPSA) is 46.4 Å². The molecule has 3 rings (SSSR count). The highest BCUT2D eigenvalue weighted by molar-refractivity contribution is 5.99. The Labute approximate surface area is 123 Å². The number of hydrogen-bond donors (Lipinski definition) is 1. The third-order valence-corrected chi connectivity index (χ3v) is 3.59. The molecule has 1 aromatic carbocycles. The molecule has 4 heteroatoms. The highest BCUT2D eigenvalue weighted by atomic mass is 16.2. The van der Waals surface area contributed by atoms with E-state index in [0.29, 0.717) is 5.69 Å². The summed E-state index contributed by atoms with van der Waals surface area (Å²) in [5.41, 5.74) is 2.37. The summed E-state index contributed by atoms with van der Waals surface area (Å²) in [6.07, 6.45) is 1.91. The van der Waals surface area contributed by atoms with Gasteiger partial charge in [0.1, 0.15) is 5.82 Å².